The molecule has 0 radical (unpaired) electrons. The molecule has 4 rings (SSSR count). The monoisotopic (exact) mass is 510 g/mol. The van der Waals surface area contributed by atoms with Crippen molar-refractivity contribution in [2.45, 2.75) is 32.7 Å². The molecule has 0 amide bonds. The van der Waals surface area contributed by atoms with E-state index in [1.165, 1.54) is 0 Å². The van der Waals surface area contributed by atoms with E-state index in [0.717, 1.165) is 38.6 Å². The maximum Gasteiger partial charge on any atom is 0.344 e. The Labute approximate surface area is 199 Å². The normalized spacial score (nSPS) is 14.5. The highest BCUT2D eigenvalue weighted by molar-refractivity contribution is 9.10. The second-order valence-corrected chi connectivity index (χ2v) is 8.38. The quantitative estimate of drug-likeness (QED) is 0.443. The van der Waals surface area contributed by atoms with Crippen molar-refractivity contribution in [3.05, 3.63) is 76.0 Å². The van der Waals surface area contributed by atoms with Crippen molar-refractivity contribution in [2.24, 2.45) is 4.99 Å². The highest BCUT2D eigenvalue weighted by atomic mass is 79.9. The van der Waals surface area contributed by atoms with Crippen LogP contribution in [0.3, 0.4) is 0 Å². The van der Waals surface area contributed by atoms with Gasteiger partial charge in [0.25, 0.3) is 0 Å². The van der Waals surface area contributed by atoms with E-state index in [1.54, 1.807) is 19.3 Å². The van der Waals surface area contributed by atoms with Gasteiger partial charge in [-0.1, -0.05) is 22.0 Å². The fourth-order valence-corrected chi connectivity index (χ4v) is 4.11. The van der Waals surface area contributed by atoms with Crippen molar-refractivity contribution in [3.63, 3.8) is 0 Å². The third-order valence-electron chi connectivity index (χ3n) is 5.19. The number of ether oxygens (including phenoxy) is 2. The summed E-state index contributed by atoms with van der Waals surface area (Å²) in [7, 11) is 0. The van der Waals surface area contributed by atoms with E-state index in [9.17, 15) is 9.59 Å². The molecule has 33 heavy (non-hydrogen) atoms. The first-order valence-electron chi connectivity index (χ1n) is 10.6. The highest BCUT2D eigenvalue weighted by Gasteiger charge is 2.28. The molecule has 9 heteroatoms. The van der Waals surface area contributed by atoms with Crippen LogP contribution in [-0.4, -0.2) is 45.4 Å². The highest BCUT2D eigenvalue weighted by Crippen LogP contribution is 2.34. The Kier molecular flexibility index (Phi) is 6.98. The van der Waals surface area contributed by atoms with Gasteiger partial charge >= 0.3 is 11.9 Å². The van der Waals surface area contributed by atoms with Crippen LogP contribution in [0.25, 0.3) is 5.69 Å². The van der Waals surface area contributed by atoms with Crippen LogP contribution < -0.4 is 0 Å². The SMILES string of the molecule is CCOC(=O)COC(=O)CC[C@@H]1N=C(c2ccccn2)c2cc(Br)ccc2-n2c(C)cnc21. The topological polar surface area (TPSA) is 95.7 Å². The molecule has 0 bridgehead atoms. The van der Waals surface area contributed by atoms with Gasteiger partial charge in [-0.25, -0.2) is 9.78 Å². The number of hydrogen-bond donors (Lipinski definition) is 0. The average Bonchev–Trinajstić information content (AvgIpc) is 3.13. The molecule has 1 aliphatic heterocycles. The number of aliphatic imine (C=N–C) groups is 1. The number of esters is 2. The van der Waals surface area contributed by atoms with Gasteiger partial charge in [0, 0.05) is 34.5 Å². The van der Waals surface area contributed by atoms with Gasteiger partial charge < -0.3 is 9.47 Å². The van der Waals surface area contributed by atoms with E-state index in [0.29, 0.717) is 6.42 Å². The summed E-state index contributed by atoms with van der Waals surface area (Å²) in [6.45, 7) is 3.53. The molecule has 0 saturated carbocycles. The van der Waals surface area contributed by atoms with Gasteiger partial charge in [-0.05, 0) is 50.6 Å². The van der Waals surface area contributed by atoms with Gasteiger partial charge in [0.2, 0.25) is 0 Å². The molecule has 3 aromatic rings. The van der Waals surface area contributed by atoms with Gasteiger partial charge in [0.1, 0.15) is 11.9 Å². The summed E-state index contributed by atoms with van der Waals surface area (Å²) in [4.78, 5) is 37.9. The lowest BCUT2D eigenvalue weighted by molar-refractivity contribution is -0.158. The fourth-order valence-electron chi connectivity index (χ4n) is 3.75. The number of rotatable bonds is 7. The van der Waals surface area contributed by atoms with E-state index in [2.05, 4.69) is 30.5 Å². The summed E-state index contributed by atoms with van der Waals surface area (Å²) in [6, 6.07) is 11.3. The average molecular weight is 511 g/mol. The van der Waals surface area contributed by atoms with Crippen LogP contribution in [0.5, 0.6) is 0 Å². The number of hydrogen-bond acceptors (Lipinski definition) is 7. The molecule has 0 aliphatic carbocycles. The minimum atomic E-state index is -0.567. The zero-order valence-electron chi connectivity index (χ0n) is 18.3. The van der Waals surface area contributed by atoms with Gasteiger partial charge in [0.05, 0.1) is 23.7 Å². The lowest BCUT2D eigenvalue weighted by Gasteiger charge is -2.14. The second kappa shape index (κ2) is 10.1. The van der Waals surface area contributed by atoms with Gasteiger partial charge in [-0.3, -0.25) is 19.3 Å². The molecule has 170 valence electrons. The molecule has 3 heterocycles. The third kappa shape index (κ3) is 5.03. The Balaban J connectivity index is 1.69. The number of benzene rings is 1. The molecule has 8 nitrogen and oxygen atoms in total. The summed E-state index contributed by atoms with van der Waals surface area (Å²) >= 11 is 3.57. The first kappa shape index (κ1) is 22.8. The van der Waals surface area contributed by atoms with Crippen LogP contribution in [-0.2, 0) is 19.1 Å². The lowest BCUT2D eigenvalue weighted by Crippen LogP contribution is -2.17. The van der Waals surface area contributed by atoms with Crippen molar-refractivity contribution in [1.29, 1.82) is 0 Å². The predicted octanol–water partition coefficient (Wildman–Crippen LogP) is 4.12. The Bertz CT molecular complexity index is 1210. The van der Waals surface area contributed by atoms with E-state index in [-0.39, 0.29) is 13.0 Å². The maximum atomic E-state index is 12.3. The molecule has 0 N–H and O–H groups in total. The molecule has 0 unspecified atom stereocenters. The van der Waals surface area contributed by atoms with Crippen LogP contribution in [0.15, 0.2) is 58.3 Å². The van der Waals surface area contributed by atoms with Crippen LogP contribution in [0.4, 0.5) is 0 Å². The van der Waals surface area contributed by atoms with E-state index >= 15 is 0 Å². The molecule has 1 atom stereocenters. The summed E-state index contributed by atoms with van der Waals surface area (Å²) in [5.41, 5.74) is 4.27. The maximum absolute atomic E-state index is 12.3. The Morgan fingerprint density at radius 3 is 2.73 bits per heavy atom. The smallest absolute Gasteiger partial charge is 0.344 e. The van der Waals surface area contributed by atoms with Gasteiger partial charge in [-0.15, -0.1) is 0 Å². The number of nitrogens with zero attached hydrogens (tertiary/aromatic N) is 4. The molecule has 2 aromatic heterocycles. The summed E-state index contributed by atoms with van der Waals surface area (Å²) < 4.78 is 12.8. The molecular formula is C24H23BrN4O4. The number of aromatic nitrogens is 3. The van der Waals surface area contributed by atoms with E-state index in [4.69, 9.17) is 14.5 Å². The number of carbonyl (C=O) groups is 2. The lowest BCUT2D eigenvalue weighted by atomic mass is 10.0. The number of fused-ring (bicyclic) bond motifs is 3. The Hall–Kier alpha value is -3.33. The number of aryl methyl sites for hydroxylation is 1. The van der Waals surface area contributed by atoms with Gasteiger partial charge in [0.15, 0.2) is 6.61 Å². The molecule has 1 aromatic carbocycles. The molecule has 0 fully saturated rings. The summed E-state index contributed by atoms with van der Waals surface area (Å²) in [5.74, 6) is -0.319. The van der Waals surface area contributed by atoms with Crippen molar-refractivity contribution >= 4 is 33.6 Å². The molecule has 0 saturated heterocycles. The van der Waals surface area contributed by atoms with Crippen LogP contribution >= 0.6 is 15.9 Å². The Morgan fingerprint density at radius 2 is 1.97 bits per heavy atom. The van der Waals surface area contributed by atoms with E-state index < -0.39 is 24.6 Å². The number of halogens is 1. The van der Waals surface area contributed by atoms with Gasteiger partial charge in [-0.2, -0.15) is 0 Å². The molecule has 0 spiro atoms. The number of imidazole rings is 1. The minimum Gasteiger partial charge on any atom is -0.463 e. The number of carbonyl (C=O) groups excluding carboxylic acids is 2. The van der Waals surface area contributed by atoms with Crippen molar-refractivity contribution in [1.82, 2.24) is 14.5 Å². The predicted molar refractivity (Wildman–Crippen MR) is 125 cm³/mol. The van der Waals surface area contributed by atoms with E-state index in [1.807, 2.05) is 43.3 Å². The summed E-state index contributed by atoms with van der Waals surface area (Å²) in [5, 5.41) is 0. The zero-order valence-corrected chi connectivity index (χ0v) is 19.9. The minimum absolute atomic E-state index is 0.0784. The van der Waals surface area contributed by atoms with Crippen LogP contribution in [0.1, 0.15) is 48.6 Å². The van der Waals surface area contributed by atoms with Crippen LogP contribution in [0, 0.1) is 6.92 Å². The largest absolute Gasteiger partial charge is 0.463 e. The summed E-state index contributed by atoms with van der Waals surface area (Å²) in [6.07, 6.45) is 3.97. The standard InChI is InChI=1S/C24H23BrN4O4/c1-3-32-22(31)14-33-21(30)10-8-19-24-27-13-15(2)29(24)20-9-7-16(25)12-17(20)23(28-19)18-6-4-5-11-26-18/h4-7,9,11-13,19H,3,8,10,14H2,1-2H3/t19-/m0/s1. The fraction of sp³-hybridized carbons (Fsp3) is 0.292. The van der Waals surface area contributed by atoms with Crippen LogP contribution in [0.2, 0.25) is 0 Å². The van der Waals surface area contributed by atoms with Crippen molar-refractivity contribution in [2.75, 3.05) is 13.2 Å². The number of pyridine rings is 1. The first-order chi connectivity index (χ1) is 16.0. The molecular weight excluding hydrogens is 488 g/mol. The third-order valence-corrected chi connectivity index (χ3v) is 5.68. The first-order valence-corrected chi connectivity index (χ1v) is 11.4. The molecule has 1 aliphatic rings. The Morgan fingerprint density at radius 1 is 1.12 bits per heavy atom. The zero-order chi connectivity index (χ0) is 23.4. The second-order valence-electron chi connectivity index (χ2n) is 7.47. The van der Waals surface area contributed by atoms with Crippen molar-refractivity contribution in [3.8, 4) is 5.69 Å². The van der Waals surface area contributed by atoms with Crippen molar-refractivity contribution < 1.29 is 19.1 Å².